The van der Waals surface area contributed by atoms with E-state index in [0.29, 0.717) is 36.0 Å². The molecule has 0 saturated heterocycles. The molecule has 238 valence electrons. The average molecular weight is 905 g/mol. The molecule has 3 aromatic rings. The molecule has 1 aliphatic heterocycles. The summed E-state index contributed by atoms with van der Waals surface area (Å²) >= 11 is 7.90. The molecule has 0 bridgehead atoms. The van der Waals surface area contributed by atoms with Crippen LogP contribution in [0.2, 0.25) is 0 Å². The Morgan fingerprint density at radius 3 is 2.47 bits per heavy atom. The molecule has 11 nitrogen and oxygen atoms in total. The summed E-state index contributed by atoms with van der Waals surface area (Å²) in [4.78, 5) is 24.6. The van der Waals surface area contributed by atoms with Crippen molar-refractivity contribution in [1.29, 1.82) is 0 Å². The van der Waals surface area contributed by atoms with E-state index in [1.807, 2.05) is 43.3 Å². The fraction of sp³-hybridized carbons (Fsp3) is 0.258. The number of aliphatic hydroxyl groups excluding tert-OH is 1. The van der Waals surface area contributed by atoms with E-state index in [1.165, 1.54) is 7.11 Å². The highest BCUT2D eigenvalue weighted by molar-refractivity contribution is 14.1. The van der Waals surface area contributed by atoms with Crippen LogP contribution in [0.1, 0.15) is 36.6 Å². The number of methoxy groups -OCH3 is 1. The number of allylic oxidation sites excluding steroid dienone is 1. The van der Waals surface area contributed by atoms with Gasteiger partial charge in [-0.1, -0.05) is 34.1 Å². The first kappa shape index (κ1) is 34.8. The van der Waals surface area contributed by atoms with Crippen LogP contribution in [0.5, 0.6) is 17.2 Å². The van der Waals surface area contributed by atoms with E-state index in [0.717, 1.165) is 28.5 Å². The molecule has 1 heterocycles. The Labute approximate surface area is 296 Å². The van der Waals surface area contributed by atoms with Gasteiger partial charge in [0.1, 0.15) is 19.0 Å². The number of halogens is 3. The Morgan fingerprint density at radius 2 is 1.80 bits per heavy atom. The molecule has 45 heavy (non-hydrogen) atoms. The van der Waals surface area contributed by atoms with Crippen molar-refractivity contribution in [3.05, 3.63) is 94.2 Å². The van der Waals surface area contributed by atoms with Gasteiger partial charge in [0.15, 0.2) is 17.7 Å². The maximum Gasteiger partial charge on any atom is 0.337 e. The lowest BCUT2D eigenvalue weighted by Gasteiger charge is -2.28. The second-order valence-corrected chi connectivity index (χ2v) is 12.9. The van der Waals surface area contributed by atoms with Gasteiger partial charge in [-0.25, -0.2) is 9.59 Å². The molecule has 0 spiro atoms. The zero-order valence-electron chi connectivity index (χ0n) is 24.5. The first-order valence-corrected chi connectivity index (χ1v) is 16.6. The largest absolute Gasteiger partial charge is 0.490 e. The number of carbonyl (C=O) groups is 2. The van der Waals surface area contributed by atoms with Crippen LogP contribution in [-0.4, -0.2) is 49.9 Å². The summed E-state index contributed by atoms with van der Waals surface area (Å²) < 4.78 is 25.5. The number of aliphatic hydroxyl groups is 1. The molecule has 4 rings (SSSR count). The smallest absolute Gasteiger partial charge is 0.337 e. The first-order chi connectivity index (χ1) is 21.6. The predicted molar refractivity (Wildman–Crippen MR) is 189 cm³/mol. The summed E-state index contributed by atoms with van der Waals surface area (Å²) in [5.74, 6) is 0.980. The number of esters is 1. The minimum atomic E-state index is -1.12. The van der Waals surface area contributed by atoms with Crippen molar-refractivity contribution in [1.82, 2.24) is 16.1 Å². The number of amides is 2. The molecule has 1 aliphatic rings. The van der Waals surface area contributed by atoms with Gasteiger partial charge >= 0.3 is 12.0 Å². The molecule has 0 aromatic heterocycles. The van der Waals surface area contributed by atoms with Crippen molar-refractivity contribution in [2.75, 3.05) is 20.3 Å². The van der Waals surface area contributed by atoms with Crippen LogP contribution in [-0.2, 0) is 16.1 Å². The normalized spacial score (nSPS) is 15.3. The van der Waals surface area contributed by atoms with E-state index >= 15 is 0 Å². The van der Waals surface area contributed by atoms with Gasteiger partial charge in [0.25, 0.3) is 0 Å². The molecule has 3 aromatic carbocycles. The fourth-order valence-electron chi connectivity index (χ4n) is 4.35. The molecule has 0 fully saturated rings. The van der Waals surface area contributed by atoms with Gasteiger partial charge in [-0.05, 0) is 112 Å². The molecular weight excluding hydrogens is 874 g/mol. The van der Waals surface area contributed by atoms with Crippen LogP contribution in [0.15, 0.2) is 75.4 Å². The monoisotopic (exact) mass is 904 g/mol. The van der Waals surface area contributed by atoms with E-state index in [1.54, 1.807) is 31.3 Å². The van der Waals surface area contributed by atoms with Gasteiger partial charge in [-0.15, -0.1) is 0 Å². The average Bonchev–Trinajstić information content (AvgIpc) is 3.00. The summed E-state index contributed by atoms with van der Waals surface area (Å²) in [5, 5.41) is 20.0. The number of hydrazone groups is 1. The van der Waals surface area contributed by atoms with Crippen molar-refractivity contribution in [3.63, 3.8) is 0 Å². The lowest BCUT2D eigenvalue weighted by atomic mass is 9.95. The number of hydrogen-bond acceptors (Lipinski definition) is 9. The quantitative estimate of drug-likeness (QED) is 0.0559. The number of benzene rings is 3. The molecule has 0 aliphatic carbocycles. The molecule has 0 radical (unpaired) electrons. The van der Waals surface area contributed by atoms with Crippen molar-refractivity contribution >= 4 is 79.3 Å². The van der Waals surface area contributed by atoms with Gasteiger partial charge in [0, 0.05) is 10.2 Å². The molecule has 2 atom stereocenters. The van der Waals surface area contributed by atoms with Gasteiger partial charge in [-0.3, -0.25) is 5.43 Å². The highest BCUT2D eigenvalue weighted by Crippen LogP contribution is 2.35. The van der Waals surface area contributed by atoms with Gasteiger partial charge in [0.2, 0.25) is 0 Å². The standard InChI is InChI=1S/C31H31BrI2N4O7/c1-4-43-25-13-20(28-27(30(40)42-3)17(2)36-31(41)37-28)7-10-24(25)44-16-26(39)38-35-14-19-11-22(33)29(23(34)12-19)45-15-18-5-8-21(32)9-6-18/h5-14,26,28,38-39H,4,15-16H2,1-3H3,(H2,36,37,41)/b35-14-/t26-,28+/m1/s1. The highest BCUT2D eigenvalue weighted by atomic mass is 127. The Morgan fingerprint density at radius 1 is 1.09 bits per heavy atom. The Balaban J connectivity index is 1.37. The topological polar surface area (TPSA) is 140 Å². The maximum atomic E-state index is 12.5. The third-order valence-electron chi connectivity index (χ3n) is 6.43. The zero-order valence-corrected chi connectivity index (χ0v) is 30.4. The number of nitrogens with zero attached hydrogens (tertiary/aromatic N) is 1. The second kappa shape index (κ2) is 16.5. The number of hydrogen-bond donors (Lipinski definition) is 4. The SMILES string of the molecule is CCOc1cc([C@@H]2NC(=O)NC(C)=C2C(=O)OC)ccc1OC[C@@H](O)N/N=C\c1cc(I)c(OCc2ccc(Br)cc2)c(I)c1. The van der Waals surface area contributed by atoms with Crippen LogP contribution in [0.4, 0.5) is 4.79 Å². The van der Waals surface area contributed by atoms with Gasteiger partial charge in [0.05, 0.1) is 38.7 Å². The molecule has 14 heteroatoms. The third kappa shape index (κ3) is 9.46. The summed E-state index contributed by atoms with van der Waals surface area (Å²) in [7, 11) is 1.28. The molecular formula is C31H31BrI2N4O7. The van der Waals surface area contributed by atoms with Gasteiger partial charge in [-0.2, -0.15) is 5.10 Å². The van der Waals surface area contributed by atoms with Crippen LogP contribution >= 0.6 is 61.1 Å². The number of ether oxygens (including phenoxy) is 4. The van der Waals surface area contributed by atoms with E-state index in [9.17, 15) is 14.7 Å². The van der Waals surface area contributed by atoms with Crippen LogP contribution in [0.3, 0.4) is 0 Å². The maximum absolute atomic E-state index is 12.5. The van der Waals surface area contributed by atoms with Crippen molar-refractivity contribution in [2.24, 2.45) is 5.10 Å². The van der Waals surface area contributed by atoms with E-state index in [2.05, 4.69) is 82.3 Å². The van der Waals surface area contributed by atoms with Crippen molar-refractivity contribution < 1.29 is 33.6 Å². The summed E-state index contributed by atoms with van der Waals surface area (Å²) in [6.07, 6.45) is 0.482. The van der Waals surface area contributed by atoms with Crippen molar-refractivity contribution in [2.45, 2.75) is 32.7 Å². The van der Waals surface area contributed by atoms with Crippen LogP contribution in [0, 0.1) is 7.14 Å². The Hall–Kier alpha value is -3.09. The van der Waals surface area contributed by atoms with Crippen LogP contribution in [0.25, 0.3) is 0 Å². The number of nitrogens with one attached hydrogen (secondary N) is 3. The highest BCUT2D eigenvalue weighted by Gasteiger charge is 2.32. The van der Waals surface area contributed by atoms with E-state index in [-0.39, 0.29) is 12.2 Å². The summed E-state index contributed by atoms with van der Waals surface area (Å²) in [6.45, 7) is 4.11. The fourth-order valence-corrected chi connectivity index (χ4v) is 6.74. The number of rotatable bonds is 13. The first-order valence-electron chi connectivity index (χ1n) is 13.7. The molecule has 0 unspecified atom stereocenters. The minimum Gasteiger partial charge on any atom is -0.490 e. The van der Waals surface area contributed by atoms with Crippen LogP contribution < -0.4 is 30.3 Å². The third-order valence-corrected chi connectivity index (χ3v) is 8.56. The van der Waals surface area contributed by atoms with E-state index < -0.39 is 24.3 Å². The molecule has 0 saturated carbocycles. The Kier molecular flexibility index (Phi) is 12.7. The van der Waals surface area contributed by atoms with Gasteiger partial charge < -0.3 is 34.7 Å². The van der Waals surface area contributed by atoms with Crippen molar-refractivity contribution in [3.8, 4) is 17.2 Å². The lowest BCUT2D eigenvalue weighted by molar-refractivity contribution is -0.136. The van der Waals surface area contributed by atoms with E-state index in [4.69, 9.17) is 18.9 Å². The summed E-state index contributed by atoms with van der Waals surface area (Å²) in [6, 6.07) is 15.7. The molecule has 2 amide bonds. The minimum absolute atomic E-state index is 0.134. The lowest BCUT2D eigenvalue weighted by Crippen LogP contribution is -2.45. The number of carbonyl (C=O) groups excluding carboxylic acids is 2. The molecule has 4 N–H and O–H groups in total. The number of urea groups is 1. The zero-order chi connectivity index (χ0) is 32.5. The second-order valence-electron chi connectivity index (χ2n) is 9.64. The predicted octanol–water partition coefficient (Wildman–Crippen LogP) is 5.76. The summed E-state index contributed by atoms with van der Waals surface area (Å²) in [5.41, 5.74) is 5.82. The Bertz CT molecular complexity index is 1580.